The number of aromatic amines is 2. The third kappa shape index (κ3) is 2.22. The largest absolute Gasteiger partial charge is 0.276 e. The van der Waals surface area contributed by atoms with Gasteiger partial charge in [0.15, 0.2) is 5.52 Å². The molecule has 0 saturated heterocycles. The lowest BCUT2D eigenvalue weighted by molar-refractivity contribution is -0.472. The Kier molecular flexibility index (Phi) is 2.89. The first kappa shape index (κ1) is 12.9. The topological polar surface area (TPSA) is 73.5 Å². The monoisotopic (exact) mass is 293 g/mol. The minimum atomic E-state index is 0.298. The van der Waals surface area contributed by atoms with Gasteiger partial charge in [-0.15, -0.1) is 0 Å². The van der Waals surface area contributed by atoms with E-state index in [1.807, 2.05) is 11.0 Å². The first-order valence-electron chi connectivity index (χ1n) is 7.34. The summed E-state index contributed by atoms with van der Waals surface area (Å²) in [6.07, 6.45) is 3.65. The number of aryl methyl sites for hydroxylation is 1. The second-order valence-electron chi connectivity index (χ2n) is 5.79. The molecule has 1 atom stereocenters. The van der Waals surface area contributed by atoms with Gasteiger partial charge in [0.05, 0.1) is 11.7 Å². The molecule has 0 radical (unpaired) electrons. The summed E-state index contributed by atoms with van der Waals surface area (Å²) in [5.41, 5.74) is 6.29. The zero-order valence-corrected chi connectivity index (χ0v) is 12.5. The number of H-pyrrole nitrogens is 2. The van der Waals surface area contributed by atoms with Crippen LogP contribution >= 0.6 is 0 Å². The van der Waals surface area contributed by atoms with Crippen molar-refractivity contribution in [2.24, 2.45) is 0 Å². The molecule has 0 aliphatic rings. The van der Waals surface area contributed by atoms with Gasteiger partial charge in [0.2, 0.25) is 5.52 Å². The first-order valence-corrected chi connectivity index (χ1v) is 7.34. The van der Waals surface area contributed by atoms with Crippen LogP contribution in [-0.2, 0) is 6.54 Å². The molecule has 3 aromatic heterocycles. The van der Waals surface area contributed by atoms with Crippen LogP contribution < -0.4 is 5.10 Å². The summed E-state index contributed by atoms with van der Waals surface area (Å²) in [5.74, 6) is 0.298. The number of fused-ring (bicyclic) bond motifs is 2. The van der Waals surface area contributed by atoms with Crippen molar-refractivity contribution in [2.45, 2.75) is 26.3 Å². The van der Waals surface area contributed by atoms with Crippen LogP contribution in [0.2, 0.25) is 0 Å². The smallest absolute Gasteiger partial charge is 0.249 e. The molecular weight excluding hydrogens is 276 g/mol. The number of nitrogens with zero attached hydrogens (tertiary/aromatic N) is 4. The van der Waals surface area contributed by atoms with E-state index in [0.717, 1.165) is 28.6 Å². The summed E-state index contributed by atoms with van der Waals surface area (Å²) in [6.45, 7) is 5.02. The van der Waals surface area contributed by atoms with Gasteiger partial charge < -0.3 is 0 Å². The van der Waals surface area contributed by atoms with Crippen LogP contribution in [-0.4, -0.2) is 25.1 Å². The van der Waals surface area contributed by atoms with Gasteiger partial charge in [-0.1, -0.05) is 13.0 Å². The maximum Gasteiger partial charge on any atom is 0.249 e. The fourth-order valence-corrected chi connectivity index (χ4v) is 2.68. The van der Waals surface area contributed by atoms with Gasteiger partial charge in [-0.2, -0.15) is 10.2 Å². The van der Waals surface area contributed by atoms with Crippen molar-refractivity contribution in [3.8, 4) is 0 Å². The highest BCUT2D eigenvalue weighted by Crippen LogP contribution is 2.19. The maximum absolute atomic E-state index is 4.61. The van der Waals surface area contributed by atoms with Crippen LogP contribution in [0.5, 0.6) is 0 Å². The van der Waals surface area contributed by atoms with Gasteiger partial charge in [0, 0.05) is 17.2 Å². The maximum atomic E-state index is 4.61. The minimum absolute atomic E-state index is 0.298. The van der Waals surface area contributed by atoms with Gasteiger partial charge >= 0.3 is 0 Å². The van der Waals surface area contributed by atoms with E-state index in [1.165, 1.54) is 11.1 Å². The molecule has 2 N–H and O–H groups in total. The number of nitrogens with one attached hydrogen (secondary N) is 2. The number of rotatable bonds is 3. The lowest BCUT2D eigenvalue weighted by Crippen LogP contribution is -2.22. The van der Waals surface area contributed by atoms with Crippen molar-refractivity contribution in [1.29, 1.82) is 0 Å². The molecule has 6 heteroatoms. The molecule has 0 amide bonds. The Labute approximate surface area is 127 Å². The summed E-state index contributed by atoms with van der Waals surface area (Å²) in [6, 6.07) is 8.35. The SMILES string of the molecule is Cc1ccc2[nH+]n(CC(C)c3cnc4cn[nH]c4c3)nc2c1. The Morgan fingerprint density at radius 3 is 3.05 bits per heavy atom. The number of hydrogen-bond acceptors (Lipinski definition) is 3. The molecule has 0 bridgehead atoms. The molecule has 4 rings (SSSR count). The Morgan fingerprint density at radius 1 is 1.23 bits per heavy atom. The summed E-state index contributed by atoms with van der Waals surface area (Å²) in [4.78, 5) is 6.32. The molecule has 6 nitrogen and oxygen atoms in total. The van der Waals surface area contributed by atoms with Crippen molar-refractivity contribution < 1.29 is 5.10 Å². The molecule has 4 aromatic rings. The molecular formula is C16H17N6+. The molecule has 22 heavy (non-hydrogen) atoms. The van der Waals surface area contributed by atoms with E-state index < -0.39 is 0 Å². The van der Waals surface area contributed by atoms with E-state index in [1.54, 1.807) is 6.20 Å². The lowest BCUT2D eigenvalue weighted by Gasteiger charge is -2.08. The Bertz CT molecular complexity index is 952. The Morgan fingerprint density at radius 2 is 2.14 bits per heavy atom. The van der Waals surface area contributed by atoms with E-state index in [0.29, 0.717) is 5.92 Å². The molecule has 0 spiro atoms. The second-order valence-corrected chi connectivity index (χ2v) is 5.79. The highest BCUT2D eigenvalue weighted by Gasteiger charge is 2.15. The van der Waals surface area contributed by atoms with E-state index in [4.69, 9.17) is 0 Å². The van der Waals surface area contributed by atoms with Crippen molar-refractivity contribution in [2.75, 3.05) is 0 Å². The third-order valence-corrected chi connectivity index (χ3v) is 3.96. The van der Waals surface area contributed by atoms with Gasteiger partial charge in [-0.05, 0) is 41.0 Å². The number of benzene rings is 1. The molecule has 1 unspecified atom stereocenters. The second kappa shape index (κ2) is 4.91. The standard InChI is InChI=1S/C16H16N6/c1-10-3-4-13-15(5-10)21-22(20-13)9-11(2)12-6-14-16(17-7-12)8-18-19-14/h3-8,11H,9H2,1-2H3,(H,18,19)/p+1. The average Bonchev–Trinajstić information content (AvgIpc) is 3.11. The molecule has 0 saturated carbocycles. The molecule has 0 aliphatic carbocycles. The summed E-state index contributed by atoms with van der Waals surface area (Å²) >= 11 is 0. The average molecular weight is 293 g/mol. The van der Waals surface area contributed by atoms with Gasteiger partial charge in [-0.25, -0.2) is 0 Å². The van der Waals surface area contributed by atoms with Crippen LogP contribution in [0, 0.1) is 6.92 Å². The van der Waals surface area contributed by atoms with Crippen molar-refractivity contribution in [1.82, 2.24) is 25.1 Å². The first-order chi connectivity index (χ1) is 10.7. The van der Waals surface area contributed by atoms with Crippen molar-refractivity contribution in [3.63, 3.8) is 0 Å². The number of pyridine rings is 1. The summed E-state index contributed by atoms with van der Waals surface area (Å²) in [7, 11) is 0. The predicted molar refractivity (Wildman–Crippen MR) is 83.3 cm³/mol. The van der Waals surface area contributed by atoms with E-state index in [9.17, 15) is 0 Å². The quantitative estimate of drug-likeness (QED) is 0.629. The fraction of sp³-hybridized carbons (Fsp3) is 0.250. The van der Waals surface area contributed by atoms with Crippen molar-refractivity contribution >= 4 is 22.1 Å². The zero-order valence-electron chi connectivity index (χ0n) is 12.5. The molecule has 0 aliphatic heterocycles. The van der Waals surface area contributed by atoms with Crippen molar-refractivity contribution in [3.05, 3.63) is 47.8 Å². The zero-order chi connectivity index (χ0) is 15.1. The highest BCUT2D eigenvalue weighted by molar-refractivity contribution is 5.73. The normalized spacial score (nSPS) is 13.0. The third-order valence-electron chi connectivity index (χ3n) is 3.96. The predicted octanol–water partition coefficient (Wildman–Crippen LogP) is 2.23. The van der Waals surface area contributed by atoms with Gasteiger partial charge in [0.1, 0.15) is 12.1 Å². The number of hydrogen-bond donors (Lipinski definition) is 1. The molecule has 3 heterocycles. The van der Waals surface area contributed by atoms with Crippen LogP contribution in [0.4, 0.5) is 0 Å². The lowest BCUT2D eigenvalue weighted by atomic mass is 10.0. The van der Waals surface area contributed by atoms with Gasteiger partial charge in [0.25, 0.3) is 0 Å². The highest BCUT2D eigenvalue weighted by atomic mass is 15.5. The summed E-state index contributed by atoms with van der Waals surface area (Å²) in [5, 5.41) is 14.9. The van der Waals surface area contributed by atoms with Crippen LogP contribution in [0.15, 0.2) is 36.7 Å². The van der Waals surface area contributed by atoms with E-state index >= 15 is 0 Å². The molecule has 1 aromatic carbocycles. The summed E-state index contributed by atoms with van der Waals surface area (Å²) < 4.78 is 0. The molecule has 110 valence electrons. The van der Waals surface area contributed by atoms with E-state index in [-0.39, 0.29) is 0 Å². The molecule has 0 fully saturated rings. The fourth-order valence-electron chi connectivity index (χ4n) is 2.68. The Balaban J connectivity index is 1.62. The van der Waals surface area contributed by atoms with E-state index in [2.05, 4.69) is 63.5 Å². The number of aromatic nitrogens is 6. The van der Waals surface area contributed by atoms with Crippen LogP contribution in [0.25, 0.3) is 22.1 Å². The van der Waals surface area contributed by atoms with Crippen LogP contribution in [0.3, 0.4) is 0 Å². The van der Waals surface area contributed by atoms with Crippen LogP contribution in [0.1, 0.15) is 24.0 Å². The Hall–Kier alpha value is -2.76. The minimum Gasteiger partial charge on any atom is -0.276 e. The van der Waals surface area contributed by atoms with Gasteiger partial charge in [-0.3, -0.25) is 10.1 Å².